The van der Waals surface area contributed by atoms with Crippen LogP contribution in [0.4, 0.5) is 0 Å². The fourth-order valence-electron chi connectivity index (χ4n) is 0.880. The SMILES string of the molecule is CCCC(=S)N[C@H](CCS)C(=O)O. The summed E-state index contributed by atoms with van der Waals surface area (Å²) in [6.45, 7) is 2.00. The van der Waals surface area contributed by atoms with E-state index in [1.807, 2.05) is 6.92 Å². The Kier molecular flexibility index (Phi) is 6.99. The van der Waals surface area contributed by atoms with Crippen molar-refractivity contribution in [3.63, 3.8) is 0 Å². The molecule has 0 aromatic carbocycles. The second kappa shape index (κ2) is 7.15. The van der Waals surface area contributed by atoms with Crippen molar-refractivity contribution in [3.8, 4) is 0 Å². The Morgan fingerprint density at radius 3 is 2.69 bits per heavy atom. The van der Waals surface area contributed by atoms with Crippen molar-refractivity contribution in [2.24, 2.45) is 0 Å². The molecule has 0 aromatic heterocycles. The molecule has 2 N–H and O–H groups in total. The lowest BCUT2D eigenvalue weighted by molar-refractivity contribution is -0.139. The van der Waals surface area contributed by atoms with E-state index in [0.717, 1.165) is 12.8 Å². The van der Waals surface area contributed by atoms with Crippen LogP contribution in [0.25, 0.3) is 0 Å². The van der Waals surface area contributed by atoms with Crippen LogP contribution in [0.1, 0.15) is 26.2 Å². The van der Waals surface area contributed by atoms with Crippen LogP contribution < -0.4 is 5.32 Å². The third kappa shape index (κ3) is 5.87. The minimum atomic E-state index is -0.868. The maximum atomic E-state index is 10.7. The van der Waals surface area contributed by atoms with Crippen LogP contribution in [-0.2, 0) is 4.79 Å². The number of nitrogens with one attached hydrogen (secondary N) is 1. The van der Waals surface area contributed by atoms with Crippen LogP contribution in [0.5, 0.6) is 0 Å². The van der Waals surface area contributed by atoms with E-state index in [2.05, 4.69) is 17.9 Å². The molecule has 0 saturated carbocycles. The number of carboxylic acids is 1. The molecule has 0 radical (unpaired) electrons. The van der Waals surface area contributed by atoms with Gasteiger partial charge in [-0.1, -0.05) is 19.1 Å². The predicted molar refractivity (Wildman–Crippen MR) is 60.5 cm³/mol. The van der Waals surface area contributed by atoms with E-state index in [9.17, 15) is 4.79 Å². The van der Waals surface area contributed by atoms with Crippen molar-refractivity contribution in [2.45, 2.75) is 32.2 Å². The van der Waals surface area contributed by atoms with Gasteiger partial charge in [-0.25, -0.2) is 4.79 Å². The van der Waals surface area contributed by atoms with E-state index >= 15 is 0 Å². The van der Waals surface area contributed by atoms with E-state index in [-0.39, 0.29) is 0 Å². The van der Waals surface area contributed by atoms with Gasteiger partial charge in [0.25, 0.3) is 0 Å². The molecule has 76 valence electrons. The van der Waals surface area contributed by atoms with Gasteiger partial charge in [0.1, 0.15) is 6.04 Å². The Bertz CT molecular complexity index is 185. The first-order valence-electron chi connectivity index (χ1n) is 4.24. The number of thiol groups is 1. The summed E-state index contributed by atoms with van der Waals surface area (Å²) in [4.78, 5) is 11.3. The molecule has 1 atom stereocenters. The Balaban J connectivity index is 3.94. The predicted octanol–water partition coefficient (Wildman–Crippen LogP) is 1.48. The summed E-state index contributed by atoms with van der Waals surface area (Å²) in [6.07, 6.45) is 2.16. The normalized spacial score (nSPS) is 12.2. The average molecular weight is 221 g/mol. The monoisotopic (exact) mass is 221 g/mol. The lowest BCUT2D eigenvalue weighted by Crippen LogP contribution is -2.40. The highest BCUT2D eigenvalue weighted by Gasteiger charge is 2.16. The van der Waals surface area contributed by atoms with Crippen molar-refractivity contribution < 1.29 is 9.90 Å². The van der Waals surface area contributed by atoms with Gasteiger partial charge >= 0.3 is 5.97 Å². The molecule has 0 unspecified atom stereocenters. The van der Waals surface area contributed by atoms with Crippen LogP contribution in [0.3, 0.4) is 0 Å². The third-order valence-corrected chi connectivity index (χ3v) is 2.11. The van der Waals surface area contributed by atoms with Crippen LogP contribution in [0.2, 0.25) is 0 Å². The van der Waals surface area contributed by atoms with Crippen molar-refractivity contribution in [1.29, 1.82) is 0 Å². The zero-order valence-electron chi connectivity index (χ0n) is 7.62. The van der Waals surface area contributed by atoms with Crippen molar-refractivity contribution >= 4 is 35.8 Å². The Hall–Kier alpha value is -0.290. The highest BCUT2D eigenvalue weighted by atomic mass is 32.1. The number of carbonyl (C=O) groups is 1. The summed E-state index contributed by atoms with van der Waals surface area (Å²) in [7, 11) is 0. The Morgan fingerprint density at radius 2 is 2.31 bits per heavy atom. The van der Waals surface area contributed by atoms with Crippen LogP contribution >= 0.6 is 24.8 Å². The standard InChI is InChI=1S/C8H15NO2S2/c1-2-3-7(13)9-6(4-5-12)8(10)11/h6,12H,2-5H2,1H3,(H,9,13)(H,10,11)/t6-/m1/s1. The fraction of sp³-hybridized carbons (Fsp3) is 0.750. The second-order valence-corrected chi connectivity index (χ2v) is 3.66. The van der Waals surface area contributed by atoms with E-state index in [4.69, 9.17) is 17.3 Å². The van der Waals surface area contributed by atoms with E-state index < -0.39 is 12.0 Å². The maximum Gasteiger partial charge on any atom is 0.326 e. The van der Waals surface area contributed by atoms with Gasteiger partial charge in [0, 0.05) is 0 Å². The van der Waals surface area contributed by atoms with Crippen molar-refractivity contribution in [1.82, 2.24) is 5.32 Å². The molecule has 0 rings (SSSR count). The summed E-state index contributed by atoms with van der Waals surface area (Å²) in [5.74, 6) is -0.328. The Morgan fingerprint density at radius 1 is 1.69 bits per heavy atom. The molecule has 0 saturated heterocycles. The van der Waals surface area contributed by atoms with Gasteiger partial charge in [-0.15, -0.1) is 0 Å². The molecule has 13 heavy (non-hydrogen) atoms. The lowest BCUT2D eigenvalue weighted by Gasteiger charge is -2.14. The first-order chi connectivity index (χ1) is 6.11. The van der Waals surface area contributed by atoms with Crippen LogP contribution in [0, 0.1) is 0 Å². The fourth-order valence-corrected chi connectivity index (χ4v) is 1.48. The van der Waals surface area contributed by atoms with Gasteiger partial charge in [-0.3, -0.25) is 0 Å². The molecular weight excluding hydrogens is 206 g/mol. The van der Waals surface area contributed by atoms with Gasteiger partial charge in [0.2, 0.25) is 0 Å². The summed E-state index contributed by atoms with van der Waals surface area (Å²) in [5, 5.41) is 11.6. The number of carboxylic acid groups (broad SMARTS) is 1. The molecule has 0 aliphatic carbocycles. The summed E-state index contributed by atoms with van der Waals surface area (Å²) >= 11 is 8.95. The number of hydrogen-bond donors (Lipinski definition) is 3. The smallest absolute Gasteiger partial charge is 0.326 e. The summed E-state index contributed by atoms with van der Waals surface area (Å²) in [5.41, 5.74) is 0. The molecule has 5 heteroatoms. The number of thiocarbonyl (C=S) groups is 1. The quantitative estimate of drug-likeness (QED) is 0.470. The lowest BCUT2D eigenvalue weighted by atomic mass is 10.2. The minimum absolute atomic E-state index is 0.488. The summed E-state index contributed by atoms with van der Waals surface area (Å²) in [6, 6.07) is -0.587. The first-order valence-corrected chi connectivity index (χ1v) is 5.29. The molecule has 3 nitrogen and oxygen atoms in total. The molecule has 0 bridgehead atoms. The number of hydrogen-bond acceptors (Lipinski definition) is 3. The van der Waals surface area contributed by atoms with Crippen molar-refractivity contribution in [2.75, 3.05) is 5.75 Å². The van der Waals surface area contributed by atoms with Gasteiger partial charge in [0.15, 0.2) is 0 Å². The van der Waals surface area contributed by atoms with Crippen molar-refractivity contribution in [3.05, 3.63) is 0 Å². The molecular formula is C8H15NO2S2. The van der Waals surface area contributed by atoms with Crippen LogP contribution in [-0.4, -0.2) is 27.9 Å². The molecule has 0 spiro atoms. The number of aliphatic carboxylic acids is 1. The molecule has 0 fully saturated rings. The molecule has 0 aliphatic rings. The average Bonchev–Trinajstić information content (AvgIpc) is 2.04. The van der Waals surface area contributed by atoms with Gasteiger partial charge < -0.3 is 10.4 Å². The van der Waals surface area contributed by atoms with Gasteiger partial charge in [-0.05, 0) is 25.0 Å². The van der Waals surface area contributed by atoms with E-state index in [1.54, 1.807) is 0 Å². The van der Waals surface area contributed by atoms with Crippen LogP contribution in [0.15, 0.2) is 0 Å². The number of rotatable bonds is 6. The topological polar surface area (TPSA) is 49.3 Å². The zero-order valence-corrected chi connectivity index (χ0v) is 9.33. The largest absolute Gasteiger partial charge is 0.480 e. The van der Waals surface area contributed by atoms with Gasteiger partial charge in [0.05, 0.1) is 4.99 Å². The maximum absolute atomic E-state index is 10.7. The van der Waals surface area contributed by atoms with Gasteiger partial charge in [-0.2, -0.15) is 12.6 Å². The molecule has 0 aliphatic heterocycles. The summed E-state index contributed by atoms with van der Waals surface area (Å²) < 4.78 is 0. The molecule has 0 amide bonds. The third-order valence-electron chi connectivity index (χ3n) is 1.53. The second-order valence-electron chi connectivity index (χ2n) is 2.72. The highest BCUT2D eigenvalue weighted by Crippen LogP contribution is 1.98. The van der Waals surface area contributed by atoms with E-state index in [0.29, 0.717) is 17.2 Å². The zero-order chi connectivity index (χ0) is 10.3. The highest BCUT2D eigenvalue weighted by molar-refractivity contribution is 7.80. The first kappa shape index (κ1) is 12.7. The molecule has 0 heterocycles. The Labute approximate surface area is 89.3 Å². The van der Waals surface area contributed by atoms with E-state index in [1.165, 1.54) is 0 Å². The molecule has 0 aromatic rings. The minimum Gasteiger partial charge on any atom is -0.480 e.